The van der Waals surface area contributed by atoms with Crippen molar-refractivity contribution in [3.63, 3.8) is 0 Å². The molecule has 1 heterocycles. The van der Waals surface area contributed by atoms with Crippen molar-refractivity contribution in [2.75, 3.05) is 7.05 Å². The van der Waals surface area contributed by atoms with Gasteiger partial charge < -0.3 is 9.73 Å². The molecule has 0 saturated heterocycles. The van der Waals surface area contributed by atoms with Gasteiger partial charge in [0.1, 0.15) is 11.6 Å². The summed E-state index contributed by atoms with van der Waals surface area (Å²) >= 11 is 3.27. The maximum Gasteiger partial charge on any atom is 0.169 e. The number of hydrogen-bond acceptors (Lipinski definition) is 2. The second-order valence-electron chi connectivity index (χ2n) is 3.86. The maximum atomic E-state index is 13.3. The van der Waals surface area contributed by atoms with E-state index in [1.54, 1.807) is 6.07 Å². The molecule has 0 bridgehead atoms. The van der Waals surface area contributed by atoms with Crippen molar-refractivity contribution in [1.29, 1.82) is 0 Å². The molecule has 1 N–H and O–H groups in total. The molecule has 90 valence electrons. The second-order valence-corrected chi connectivity index (χ2v) is 4.65. The molecule has 0 amide bonds. The lowest BCUT2D eigenvalue weighted by molar-refractivity contribution is 0.445. The highest BCUT2D eigenvalue weighted by Crippen LogP contribution is 2.28. The van der Waals surface area contributed by atoms with Crippen LogP contribution in [0.15, 0.2) is 39.4 Å². The van der Waals surface area contributed by atoms with E-state index in [9.17, 15) is 4.39 Å². The van der Waals surface area contributed by atoms with E-state index < -0.39 is 0 Å². The van der Waals surface area contributed by atoms with Gasteiger partial charge in [0.25, 0.3) is 0 Å². The van der Waals surface area contributed by atoms with Crippen molar-refractivity contribution >= 4 is 15.9 Å². The predicted molar refractivity (Wildman–Crippen MR) is 68.4 cm³/mol. The average Bonchev–Trinajstić information content (AvgIpc) is 2.71. The summed E-state index contributed by atoms with van der Waals surface area (Å²) in [4.78, 5) is 0. The minimum atomic E-state index is -0.239. The lowest BCUT2D eigenvalue weighted by Gasteiger charge is -2.16. The van der Waals surface area contributed by atoms with Gasteiger partial charge in [0.2, 0.25) is 0 Å². The molecule has 2 nitrogen and oxygen atoms in total. The average molecular weight is 298 g/mol. The number of furan rings is 1. The Morgan fingerprint density at radius 2 is 2.06 bits per heavy atom. The number of nitrogens with one attached hydrogen (secondary N) is 1. The molecule has 4 heteroatoms. The van der Waals surface area contributed by atoms with Crippen LogP contribution < -0.4 is 5.32 Å². The summed E-state index contributed by atoms with van der Waals surface area (Å²) in [6.45, 7) is 1.96. The van der Waals surface area contributed by atoms with E-state index in [4.69, 9.17) is 4.42 Å². The van der Waals surface area contributed by atoms with Crippen LogP contribution in [0.4, 0.5) is 4.39 Å². The van der Waals surface area contributed by atoms with Gasteiger partial charge in [-0.3, -0.25) is 0 Å². The van der Waals surface area contributed by atoms with Gasteiger partial charge in [-0.1, -0.05) is 6.07 Å². The quantitative estimate of drug-likeness (QED) is 0.932. The number of halogens is 2. The molecule has 0 aliphatic heterocycles. The lowest BCUT2D eigenvalue weighted by Crippen LogP contribution is -2.18. The van der Waals surface area contributed by atoms with Crippen LogP contribution in [0.5, 0.6) is 0 Å². The van der Waals surface area contributed by atoms with Gasteiger partial charge in [0.15, 0.2) is 4.67 Å². The van der Waals surface area contributed by atoms with E-state index in [0.717, 1.165) is 16.9 Å². The normalized spacial score (nSPS) is 12.7. The van der Waals surface area contributed by atoms with Crippen LogP contribution in [0.2, 0.25) is 0 Å². The molecule has 1 aromatic carbocycles. The van der Waals surface area contributed by atoms with Crippen molar-refractivity contribution in [2.45, 2.75) is 13.0 Å². The molecule has 0 radical (unpaired) electrons. The third-order valence-electron chi connectivity index (χ3n) is 2.72. The Morgan fingerprint density at radius 3 is 2.65 bits per heavy atom. The SMILES string of the molecule is CNC(c1ccc(Br)o1)c1cc(F)ccc1C. The van der Waals surface area contributed by atoms with E-state index in [-0.39, 0.29) is 11.9 Å². The van der Waals surface area contributed by atoms with Crippen LogP contribution in [0.3, 0.4) is 0 Å². The number of hydrogen-bond donors (Lipinski definition) is 1. The largest absolute Gasteiger partial charge is 0.452 e. The molecular formula is C13H13BrFNO. The smallest absolute Gasteiger partial charge is 0.169 e. The summed E-state index contributed by atoms with van der Waals surface area (Å²) in [5.41, 5.74) is 1.91. The first-order chi connectivity index (χ1) is 8.11. The molecule has 1 unspecified atom stereocenters. The third kappa shape index (κ3) is 2.58. The molecule has 0 aliphatic carbocycles. The molecule has 17 heavy (non-hydrogen) atoms. The van der Waals surface area contributed by atoms with Crippen LogP contribution in [0.25, 0.3) is 0 Å². The first-order valence-electron chi connectivity index (χ1n) is 5.30. The summed E-state index contributed by atoms with van der Waals surface area (Å²) in [5, 5.41) is 3.13. The van der Waals surface area contributed by atoms with Crippen molar-refractivity contribution in [3.8, 4) is 0 Å². The Morgan fingerprint density at radius 1 is 1.29 bits per heavy atom. The molecule has 1 aromatic heterocycles. The molecule has 2 rings (SSSR count). The lowest BCUT2D eigenvalue weighted by atomic mass is 9.99. The van der Waals surface area contributed by atoms with E-state index in [2.05, 4.69) is 21.2 Å². The number of aryl methyl sites for hydroxylation is 1. The van der Waals surface area contributed by atoms with Gasteiger partial charge in [-0.15, -0.1) is 0 Å². The summed E-state index contributed by atoms with van der Waals surface area (Å²) in [6, 6.07) is 8.32. The monoisotopic (exact) mass is 297 g/mol. The number of rotatable bonds is 3. The minimum Gasteiger partial charge on any atom is -0.452 e. The van der Waals surface area contributed by atoms with Crippen LogP contribution in [-0.4, -0.2) is 7.05 Å². The molecule has 1 atom stereocenters. The van der Waals surface area contributed by atoms with Crippen molar-refractivity contribution in [3.05, 3.63) is 57.7 Å². The first kappa shape index (κ1) is 12.3. The fourth-order valence-corrected chi connectivity index (χ4v) is 2.18. The summed E-state index contributed by atoms with van der Waals surface area (Å²) < 4.78 is 19.5. The first-order valence-corrected chi connectivity index (χ1v) is 6.09. The topological polar surface area (TPSA) is 25.2 Å². The van der Waals surface area contributed by atoms with Crippen LogP contribution in [0, 0.1) is 12.7 Å². The summed E-state index contributed by atoms with van der Waals surface area (Å²) in [5.74, 6) is 0.518. The molecule has 0 saturated carbocycles. The van der Waals surface area contributed by atoms with E-state index in [0.29, 0.717) is 4.67 Å². The van der Waals surface area contributed by atoms with Crippen LogP contribution in [0.1, 0.15) is 22.9 Å². The highest BCUT2D eigenvalue weighted by atomic mass is 79.9. The highest BCUT2D eigenvalue weighted by molar-refractivity contribution is 9.10. The third-order valence-corrected chi connectivity index (χ3v) is 3.15. The Bertz CT molecular complexity index is 524. The standard InChI is InChI=1S/C13H13BrFNO/c1-8-3-4-9(15)7-10(8)13(16-2)11-5-6-12(14)17-11/h3-7,13,16H,1-2H3. The molecular weight excluding hydrogens is 285 g/mol. The Kier molecular flexibility index (Phi) is 3.64. The van der Waals surface area contributed by atoms with Crippen molar-refractivity contribution in [2.24, 2.45) is 0 Å². The van der Waals surface area contributed by atoms with Gasteiger partial charge in [0, 0.05) is 0 Å². The molecule has 2 aromatic rings. The van der Waals surface area contributed by atoms with Gasteiger partial charge in [-0.05, 0) is 65.3 Å². The van der Waals surface area contributed by atoms with E-state index in [1.807, 2.05) is 26.1 Å². The Hall–Kier alpha value is -1.13. The predicted octanol–water partition coefficient (Wildman–Crippen LogP) is 3.80. The zero-order valence-electron chi connectivity index (χ0n) is 9.63. The van der Waals surface area contributed by atoms with Crippen LogP contribution in [-0.2, 0) is 0 Å². The van der Waals surface area contributed by atoms with Crippen LogP contribution >= 0.6 is 15.9 Å². The Labute approximate surface area is 108 Å². The fourth-order valence-electron chi connectivity index (χ4n) is 1.86. The van der Waals surface area contributed by atoms with Crippen molar-refractivity contribution in [1.82, 2.24) is 5.32 Å². The molecule has 0 spiro atoms. The van der Waals surface area contributed by atoms with Crippen molar-refractivity contribution < 1.29 is 8.81 Å². The van der Waals surface area contributed by atoms with E-state index >= 15 is 0 Å². The molecule has 0 fully saturated rings. The summed E-state index contributed by atoms with van der Waals surface area (Å²) in [7, 11) is 1.82. The number of benzene rings is 1. The zero-order valence-corrected chi connectivity index (χ0v) is 11.2. The second kappa shape index (κ2) is 5.02. The van der Waals surface area contributed by atoms with Gasteiger partial charge >= 0.3 is 0 Å². The van der Waals surface area contributed by atoms with Gasteiger partial charge in [0.05, 0.1) is 6.04 Å². The maximum absolute atomic E-state index is 13.3. The highest BCUT2D eigenvalue weighted by Gasteiger charge is 2.18. The van der Waals surface area contributed by atoms with Gasteiger partial charge in [-0.2, -0.15) is 0 Å². The Balaban J connectivity index is 2.45. The minimum absolute atomic E-state index is 0.142. The molecule has 0 aliphatic rings. The van der Waals surface area contributed by atoms with E-state index in [1.165, 1.54) is 12.1 Å². The van der Waals surface area contributed by atoms with Gasteiger partial charge in [-0.25, -0.2) is 4.39 Å². The summed E-state index contributed by atoms with van der Waals surface area (Å²) in [6.07, 6.45) is 0. The zero-order chi connectivity index (χ0) is 12.4. The fraction of sp³-hybridized carbons (Fsp3) is 0.231.